The van der Waals surface area contributed by atoms with Crippen molar-refractivity contribution in [3.05, 3.63) is 47.1 Å². The monoisotopic (exact) mass is 500 g/mol. The molecule has 2 fully saturated rings. The highest BCUT2D eigenvalue weighted by Gasteiger charge is 2.44. The van der Waals surface area contributed by atoms with Gasteiger partial charge in [0.2, 0.25) is 0 Å². The van der Waals surface area contributed by atoms with Crippen LogP contribution in [0.25, 0.3) is 0 Å². The minimum atomic E-state index is -1.64. The van der Waals surface area contributed by atoms with E-state index in [4.69, 9.17) is 9.47 Å². The SMILES string of the molecule is C=C1C(=CC=C2CCC[C@]3(C)C(CC)=CC[C@@H]23)C[C@](O)(OCC(=O)OC(CC)(CC)C(C)C)C[C@@H]1O. The highest BCUT2D eigenvalue weighted by Crippen LogP contribution is 2.55. The molecule has 0 aromatic rings. The van der Waals surface area contributed by atoms with Crippen LogP contribution in [0.15, 0.2) is 47.1 Å². The Labute approximate surface area is 218 Å². The topological polar surface area (TPSA) is 76.0 Å². The number of rotatable bonds is 9. The zero-order chi connectivity index (χ0) is 26.7. The molecule has 2 N–H and O–H groups in total. The van der Waals surface area contributed by atoms with Gasteiger partial charge in [-0.2, -0.15) is 0 Å². The van der Waals surface area contributed by atoms with E-state index in [0.29, 0.717) is 24.3 Å². The number of carbonyl (C=O) groups excluding carboxylic acids is 1. The van der Waals surface area contributed by atoms with E-state index in [1.165, 1.54) is 18.4 Å². The fraction of sp³-hybridized carbons (Fsp3) is 0.710. The Morgan fingerprint density at radius 3 is 2.58 bits per heavy atom. The van der Waals surface area contributed by atoms with E-state index >= 15 is 0 Å². The molecule has 3 rings (SSSR count). The lowest BCUT2D eigenvalue weighted by Gasteiger charge is -2.41. The maximum Gasteiger partial charge on any atom is 0.332 e. The molecule has 0 amide bonds. The minimum absolute atomic E-state index is 0.0195. The number of fused-ring (bicyclic) bond motifs is 1. The Hall–Kier alpha value is -1.69. The zero-order valence-corrected chi connectivity index (χ0v) is 23.4. The number of aliphatic hydroxyl groups excluding tert-OH is 1. The summed E-state index contributed by atoms with van der Waals surface area (Å²) < 4.78 is 11.5. The number of aliphatic hydroxyl groups is 2. The quantitative estimate of drug-likeness (QED) is 0.213. The number of hydrogen-bond donors (Lipinski definition) is 2. The zero-order valence-electron chi connectivity index (χ0n) is 23.4. The van der Waals surface area contributed by atoms with Gasteiger partial charge < -0.3 is 19.7 Å². The van der Waals surface area contributed by atoms with Crippen LogP contribution in [0.4, 0.5) is 0 Å². The Morgan fingerprint density at radius 2 is 1.97 bits per heavy atom. The first-order valence-electron chi connectivity index (χ1n) is 14.0. The maximum absolute atomic E-state index is 12.6. The largest absolute Gasteiger partial charge is 0.457 e. The fourth-order valence-corrected chi connectivity index (χ4v) is 6.84. The molecular formula is C31H48O5. The second-order valence-electron chi connectivity index (χ2n) is 11.6. The van der Waals surface area contributed by atoms with E-state index in [0.717, 1.165) is 24.8 Å². The Morgan fingerprint density at radius 1 is 1.28 bits per heavy atom. The number of ether oxygens (including phenoxy) is 2. The summed E-state index contributed by atoms with van der Waals surface area (Å²) in [6.45, 7) is 16.5. The third kappa shape index (κ3) is 5.74. The molecular weight excluding hydrogens is 452 g/mol. The van der Waals surface area contributed by atoms with E-state index in [1.807, 2.05) is 33.8 Å². The highest BCUT2D eigenvalue weighted by molar-refractivity contribution is 5.71. The molecule has 0 bridgehead atoms. The predicted molar refractivity (Wildman–Crippen MR) is 144 cm³/mol. The van der Waals surface area contributed by atoms with Crippen LogP contribution in [-0.2, 0) is 14.3 Å². The summed E-state index contributed by atoms with van der Waals surface area (Å²) in [5.41, 5.74) is 4.08. The van der Waals surface area contributed by atoms with Crippen LogP contribution < -0.4 is 0 Å². The Balaban J connectivity index is 1.71. The number of allylic oxidation sites excluding steroid dienone is 5. The van der Waals surface area contributed by atoms with Crippen molar-refractivity contribution in [1.82, 2.24) is 0 Å². The first-order chi connectivity index (χ1) is 16.9. The van der Waals surface area contributed by atoms with E-state index in [1.54, 1.807) is 5.57 Å². The lowest BCUT2D eigenvalue weighted by atomic mass is 9.64. The molecule has 0 unspecified atom stereocenters. The van der Waals surface area contributed by atoms with Gasteiger partial charge in [0.1, 0.15) is 12.2 Å². The normalized spacial score (nSPS) is 33.2. The number of esters is 1. The fourth-order valence-electron chi connectivity index (χ4n) is 6.84. The van der Waals surface area contributed by atoms with Gasteiger partial charge in [-0.05, 0) is 73.3 Å². The molecule has 0 spiro atoms. The van der Waals surface area contributed by atoms with E-state index in [2.05, 4.69) is 32.6 Å². The number of carbonyl (C=O) groups is 1. The van der Waals surface area contributed by atoms with Crippen molar-refractivity contribution in [2.75, 3.05) is 6.61 Å². The summed E-state index contributed by atoms with van der Waals surface area (Å²) >= 11 is 0. The van der Waals surface area contributed by atoms with Crippen molar-refractivity contribution in [3.63, 3.8) is 0 Å². The average molecular weight is 501 g/mol. The van der Waals surface area contributed by atoms with Crippen molar-refractivity contribution < 1.29 is 24.5 Å². The summed E-state index contributed by atoms with van der Waals surface area (Å²) in [6, 6.07) is 0. The average Bonchev–Trinajstić information content (AvgIpc) is 3.19. The molecule has 4 atom stereocenters. The van der Waals surface area contributed by atoms with Gasteiger partial charge in [0, 0.05) is 12.8 Å². The lowest BCUT2D eigenvalue weighted by molar-refractivity contribution is -0.230. The smallest absolute Gasteiger partial charge is 0.332 e. The molecule has 202 valence electrons. The molecule has 3 aliphatic rings. The summed E-state index contributed by atoms with van der Waals surface area (Å²) in [6.07, 6.45) is 12.9. The lowest BCUT2D eigenvalue weighted by Crippen LogP contribution is -2.45. The van der Waals surface area contributed by atoms with Crippen LogP contribution in [0.3, 0.4) is 0 Å². The maximum atomic E-state index is 12.6. The van der Waals surface area contributed by atoms with Crippen LogP contribution in [0.1, 0.15) is 99.3 Å². The first-order valence-corrected chi connectivity index (χ1v) is 14.0. The summed E-state index contributed by atoms with van der Waals surface area (Å²) in [4.78, 5) is 12.6. The van der Waals surface area contributed by atoms with Crippen LogP contribution in [-0.4, -0.2) is 40.3 Å². The third-order valence-corrected chi connectivity index (χ3v) is 9.41. The van der Waals surface area contributed by atoms with Crippen LogP contribution in [0, 0.1) is 17.3 Å². The van der Waals surface area contributed by atoms with Crippen molar-refractivity contribution in [3.8, 4) is 0 Å². The minimum Gasteiger partial charge on any atom is -0.457 e. The van der Waals surface area contributed by atoms with Crippen molar-refractivity contribution in [1.29, 1.82) is 0 Å². The molecule has 5 nitrogen and oxygen atoms in total. The van der Waals surface area contributed by atoms with Gasteiger partial charge >= 0.3 is 5.97 Å². The molecule has 0 saturated heterocycles. The molecule has 3 aliphatic carbocycles. The van der Waals surface area contributed by atoms with Gasteiger partial charge in [-0.25, -0.2) is 4.79 Å². The van der Waals surface area contributed by atoms with E-state index in [9.17, 15) is 15.0 Å². The molecule has 0 radical (unpaired) electrons. The standard InChI is InChI=1S/C31H48O5/c1-8-25-15-16-26-23(12-11-17-29(25,26)7)13-14-24-18-31(34,19-27(32)22(24)6)35-20-28(33)36-30(9-2,10-3)21(4)5/h13-15,21,26-27,32,34H,6,8-12,16-20H2,1-5,7H3/t26-,27-,29+,31-/m0/s1. The second-order valence-corrected chi connectivity index (χ2v) is 11.6. The summed E-state index contributed by atoms with van der Waals surface area (Å²) in [5, 5.41) is 21.8. The first kappa shape index (κ1) is 28.9. The van der Waals surface area contributed by atoms with E-state index < -0.39 is 23.5 Å². The predicted octanol–water partition coefficient (Wildman–Crippen LogP) is 6.56. The Kier molecular flexibility index (Phi) is 9.12. The summed E-state index contributed by atoms with van der Waals surface area (Å²) in [7, 11) is 0. The molecule has 0 aliphatic heterocycles. The van der Waals surface area contributed by atoms with Crippen molar-refractivity contribution >= 4 is 5.97 Å². The van der Waals surface area contributed by atoms with Gasteiger partial charge in [-0.1, -0.05) is 77.5 Å². The van der Waals surface area contributed by atoms with Crippen LogP contribution >= 0.6 is 0 Å². The van der Waals surface area contributed by atoms with Gasteiger partial charge in [-0.15, -0.1) is 0 Å². The van der Waals surface area contributed by atoms with Gasteiger partial charge in [-0.3, -0.25) is 0 Å². The highest BCUT2D eigenvalue weighted by atomic mass is 16.6. The van der Waals surface area contributed by atoms with Crippen LogP contribution in [0.5, 0.6) is 0 Å². The van der Waals surface area contributed by atoms with Gasteiger partial charge in [0.15, 0.2) is 5.79 Å². The molecule has 36 heavy (non-hydrogen) atoms. The van der Waals surface area contributed by atoms with Crippen molar-refractivity contribution in [2.45, 2.75) is 117 Å². The van der Waals surface area contributed by atoms with Crippen LogP contribution in [0.2, 0.25) is 0 Å². The summed E-state index contributed by atoms with van der Waals surface area (Å²) in [5.74, 6) is -1.45. The molecule has 0 heterocycles. The van der Waals surface area contributed by atoms with Crippen molar-refractivity contribution in [2.24, 2.45) is 17.3 Å². The van der Waals surface area contributed by atoms with Gasteiger partial charge in [0.25, 0.3) is 0 Å². The number of hydrogen-bond acceptors (Lipinski definition) is 5. The molecule has 5 heteroatoms. The van der Waals surface area contributed by atoms with Gasteiger partial charge in [0.05, 0.1) is 6.10 Å². The second kappa shape index (κ2) is 11.4. The molecule has 2 saturated carbocycles. The molecule has 0 aromatic carbocycles. The third-order valence-electron chi connectivity index (χ3n) is 9.41. The molecule has 0 aromatic heterocycles. The Bertz CT molecular complexity index is 921. The van der Waals surface area contributed by atoms with E-state index in [-0.39, 0.29) is 30.8 Å².